The summed E-state index contributed by atoms with van der Waals surface area (Å²) in [5, 5.41) is 30.2. The second-order valence-electron chi connectivity index (χ2n) is 37.5. The van der Waals surface area contributed by atoms with Crippen LogP contribution >= 0.6 is 34.8 Å². The van der Waals surface area contributed by atoms with Gasteiger partial charge in [0.2, 0.25) is 11.8 Å². The summed E-state index contributed by atoms with van der Waals surface area (Å²) in [7, 11) is 4.56. The number of rotatable bonds is 11. The Morgan fingerprint density at radius 1 is 0.285 bits per heavy atom. The second-order valence-corrected chi connectivity index (χ2v) is 38.7. The Balaban J connectivity index is 0.000000114. The van der Waals surface area contributed by atoms with Crippen molar-refractivity contribution >= 4 is 34.8 Å². The number of alkyl halides is 8. The monoisotopic (exact) mass is 1940 g/mol. The van der Waals surface area contributed by atoms with E-state index in [9.17, 15) is 68.0 Å². The standard InChI is InChI=1S/C19H16ClF3O2.C19H18ClF3O.C19H19ClF2O.C19H17F3O2.C18H17FO2.C18H18O2/c20-12-3-1-4-15-17(12)19(11-5-6-14(24)13(21)9-11)8-2-7-18(22,23)10-16(19)25-15;1-24-17-7-6-13(12-16(17)21)18(8-10-19(22,23)11-9-18)14-4-2-3-5-15(14)20;1-23-15-8-6-14(7-9-15)18(10-12-19(21,22)13-11-18)16-4-2-3-5-17(16)20;1-23-13-7-5-12(6-8-13)19-10-9-18(21,22)11-16(19)24-15-4-2-3-14(20)17(15)19;19-14-4-3-5-15-17(14)18(11-2-1-6-16(18)21-15)12-7-9-13(20)10-8-12;19-14-10-8-13(9-11-14)18-12-4-3-7-17(18)20-16-6-2-1-5-15(16)18/h1,3-6,9,16,24H,2,7-8,10H2;2-7,12H,8-11H2,1H3;2-9H,10-13H2,1H3;2-8,16H,9-11H2,1H3;3-5,7-10,16,20H,1-2,6,11H2;1-2,5-6,8-11,17,19H,3-4,7,12H2. The SMILES string of the molecule is COc1ccc(C2(c3ccccc3Cl)CCC(F)(F)CC2)cc1.COc1ccc(C2(c3ccccc3Cl)CCC(F)(F)CC2)cc1F.COc1ccc(C23CCC(F)(F)CC2Oc2cccc(F)c23)cc1.Oc1ccc(C23CCCC(F)(F)CC2Oc2cccc(Cl)c23)cc1F.Oc1ccc(C23CCCCC2Oc2cccc(F)c23)cc1.Oc1ccc(C23CCCCC2Oc2ccccc23)cc1. The van der Waals surface area contributed by atoms with E-state index in [1.54, 1.807) is 111 Å². The van der Waals surface area contributed by atoms with Crippen LogP contribution in [-0.2, 0) is 32.5 Å². The lowest BCUT2D eigenvalue weighted by Gasteiger charge is -2.41. The van der Waals surface area contributed by atoms with Gasteiger partial charge < -0.3 is 48.5 Å². The highest BCUT2D eigenvalue weighted by atomic mass is 35.5. The number of halogens is 15. The third-order valence-corrected chi connectivity index (χ3v) is 31.1. The summed E-state index contributed by atoms with van der Waals surface area (Å²) in [6, 6.07) is 76.3. The summed E-state index contributed by atoms with van der Waals surface area (Å²) in [4.78, 5) is 0. The minimum atomic E-state index is -2.85. The van der Waals surface area contributed by atoms with Gasteiger partial charge in [0.25, 0.3) is 11.8 Å². The van der Waals surface area contributed by atoms with E-state index in [0.717, 1.165) is 77.8 Å². The second kappa shape index (κ2) is 39.2. The van der Waals surface area contributed by atoms with Crippen LogP contribution in [0.4, 0.5) is 52.7 Å². The topological polar surface area (TPSA) is 125 Å². The molecule has 3 N–H and O–H groups in total. The Kier molecular flexibility index (Phi) is 27.8. The maximum Gasteiger partial charge on any atom is 0.251 e. The summed E-state index contributed by atoms with van der Waals surface area (Å²) >= 11 is 19.2. The van der Waals surface area contributed by atoms with Gasteiger partial charge in [-0.2, -0.15) is 0 Å². The number of aromatic hydroxyl groups is 3. The zero-order valence-electron chi connectivity index (χ0n) is 75.8. The number of para-hydroxylation sites is 1. The molecule has 4 aliphatic heterocycles. The number of hydrogen-bond acceptors (Lipinski definition) is 10. The number of phenolic OH excluding ortho intramolecular Hbond substituents is 3. The number of hydrogen-bond donors (Lipinski definition) is 3. The fraction of sp³-hybridized carbons (Fsp3) is 0.357. The van der Waals surface area contributed by atoms with E-state index >= 15 is 0 Å². The smallest absolute Gasteiger partial charge is 0.251 e. The van der Waals surface area contributed by atoms with Crippen LogP contribution in [0.3, 0.4) is 0 Å². The van der Waals surface area contributed by atoms with Gasteiger partial charge in [0.05, 0.1) is 43.0 Å². The van der Waals surface area contributed by atoms with Crippen LogP contribution in [0, 0.1) is 23.3 Å². The van der Waals surface area contributed by atoms with Crippen molar-refractivity contribution in [2.75, 3.05) is 21.3 Å². The molecule has 4 heterocycles. The summed E-state index contributed by atoms with van der Waals surface area (Å²) in [5.41, 5.74) is 6.55. The molecule has 0 bridgehead atoms. The molecule has 10 nitrogen and oxygen atoms in total. The molecular formula is C112H105Cl3F12O10. The molecule has 8 atom stereocenters. The van der Waals surface area contributed by atoms with E-state index < -0.39 is 99.0 Å². The summed E-state index contributed by atoms with van der Waals surface area (Å²) in [5.74, 6) is -8.63. The molecule has 12 aromatic rings. The average Bonchev–Trinajstić information content (AvgIpc) is 1.51. The molecule has 22 rings (SSSR count). The van der Waals surface area contributed by atoms with Gasteiger partial charge >= 0.3 is 0 Å². The Morgan fingerprint density at radius 3 is 1.16 bits per heavy atom. The van der Waals surface area contributed by atoms with Crippen molar-refractivity contribution in [3.63, 3.8) is 0 Å². The van der Waals surface area contributed by atoms with Crippen molar-refractivity contribution < 1.29 is 101 Å². The third kappa shape index (κ3) is 18.7. The van der Waals surface area contributed by atoms with Crippen molar-refractivity contribution in [1.29, 1.82) is 0 Å². The zero-order chi connectivity index (χ0) is 96.7. The molecular weight excluding hydrogens is 1840 g/mol. The molecule has 137 heavy (non-hydrogen) atoms. The van der Waals surface area contributed by atoms with Crippen LogP contribution in [-0.4, -0.2) is 84.8 Å². The van der Waals surface area contributed by atoms with Crippen molar-refractivity contribution in [2.24, 2.45) is 0 Å². The number of ether oxygens (including phenoxy) is 7. The molecule has 0 radical (unpaired) electrons. The number of benzene rings is 12. The van der Waals surface area contributed by atoms with Gasteiger partial charge in [-0.3, -0.25) is 0 Å². The van der Waals surface area contributed by atoms with Crippen LogP contribution < -0.4 is 33.2 Å². The van der Waals surface area contributed by atoms with Crippen molar-refractivity contribution in [2.45, 2.75) is 228 Å². The highest BCUT2D eigenvalue weighted by Crippen LogP contribution is 2.63. The van der Waals surface area contributed by atoms with Gasteiger partial charge in [0.15, 0.2) is 23.1 Å². The number of phenols is 3. The van der Waals surface area contributed by atoms with Gasteiger partial charge in [-0.15, -0.1) is 0 Å². The maximum absolute atomic E-state index is 14.6. The fourth-order valence-electron chi connectivity index (χ4n) is 23.3. The molecule has 0 spiro atoms. The molecule has 25 heteroatoms. The molecule has 10 aliphatic rings. The van der Waals surface area contributed by atoms with Gasteiger partial charge in [-0.25, -0.2) is 52.7 Å². The number of fused-ring (bicyclic) bond motifs is 12. The largest absolute Gasteiger partial charge is 0.508 e. The van der Waals surface area contributed by atoms with E-state index in [1.807, 2.05) is 97.1 Å². The van der Waals surface area contributed by atoms with Crippen LogP contribution in [0.15, 0.2) is 261 Å². The Morgan fingerprint density at radius 2 is 0.657 bits per heavy atom. The Labute approximate surface area is 804 Å². The molecule has 0 amide bonds. The van der Waals surface area contributed by atoms with E-state index in [0.29, 0.717) is 90.9 Å². The summed E-state index contributed by atoms with van der Waals surface area (Å²) in [6.07, 6.45) is 7.16. The van der Waals surface area contributed by atoms with Crippen LogP contribution in [0.5, 0.6) is 57.5 Å². The Hall–Kier alpha value is -11.3. The normalized spacial score (nSPS) is 24.4. The predicted molar refractivity (Wildman–Crippen MR) is 505 cm³/mol. The van der Waals surface area contributed by atoms with Crippen molar-refractivity contribution in [3.8, 4) is 57.5 Å². The molecule has 0 aromatic heterocycles. The van der Waals surface area contributed by atoms with Crippen LogP contribution in [0.1, 0.15) is 214 Å². The molecule has 6 fully saturated rings. The number of methoxy groups -OCH3 is 3. The molecule has 8 unspecified atom stereocenters. The highest BCUT2D eigenvalue weighted by Gasteiger charge is 2.61. The quantitative estimate of drug-likeness (QED) is 0.108. The summed E-state index contributed by atoms with van der Waals surface area (Å²) < 4.78 is 208. The van der Waals surface area contributed by atoms with E-state index in [1.165, 1.54) is 67.5 Å². The first kappa shape index (κ1) is 97.3. The van der Waals surface area contributed by atoms with Crippen LogP contribution in [0.2, 0.25) is 15.1 Å². The summed E-state index contributed by atoms with van der Waals surface area (Å²) in [6.45, 7) is 0. The van der Waals surface area contributed by atoms with E-state index in [2.05, 4.69) is 30.3 Å². The fourth-order valence-corrected chi connectivity index (χ4v) is 24.3. The lowest BCUT2D eigenvalue weighted by atomic mass is 9.63. The van der Waals surface area contributed by atoms with Gasteiger partial charge in [0.1, 0.15) is 82.0 Å². The first-order chi connectivity index (χ1) is 65.7. The van der Waals surface area contributed by atoms with Gasteiger partial charge in [0, 0.05) is 99.5 Å². The minimum absolute atomic E-state index is 0.0114. The molecule has 0 saturated heterocycles. The predicted octanol–water partition coefficient (Wildman–Crippen LogP) is 30.1. The third-order valence-electron chi connectivity index (χ3n) is 30.1. The first-order valence-electron chi connectivity index (χ1n) is 46.5. The van der Waals surface area contributed by atoms with Crippen molar-refractivity contribution in [1.82, 2.24) is 0 Å². The molecule has 718 valence electrons. The molecule has 12 aromatic carbocycles. The molecule has 6 saturated carbocycles. The van der Waals surface area contributed by atoms with Crippen LogP contribution in [0.25, 0.3) is 0 Å². The lowest BCUT2D eigenvalue weighted by Crippen LogP contribution is -2.48. The molecule has 6 aliphatic carbocycles. The van der Waals surface area contributed by atoms with Crippen molar-refractivity contribution in [3.05, 3.63) is 366 Å². The van der Waals surface area contributed by atoms with Gasteiger partial charge in [-0.05, 0) is 255 Å². The highest BCUT2D eigenvalue weighted by molar-refractivity contribution is 6.32. The minimum Gasteiger partial charge on any atom is -0.508 e. The zero-order valence-corrected chi connectivity index (χ0v) is 78.0. The first-order valence-corrected chi connectivity index (χ1v) is 47.7. The van der Waals surface area contributed by atoms with E-state index in [4.69, 9.17) is 68.0 Å². The lowest BCUT2D eigenvalue weighted by molar-refractivity contribution is -0.0832. The average molecular weight is 1950 g/mol. The van der Waals surface area contributed by atoms with E-state index in [-0.39, 0.29) is 99.1 Å². The Bertz CT molecular complexity index is 6290. The van der Waals surface area contributed by atoms with Gasteiger partial charge in [-0.1, -0.05) is 181 Å². The maximum atomic E-state index is 14.6.